The van der Waals surface area contributed by atoms with Crippen LogP contribution in [0, 0.1) is 15.9 Å². The van der Waals surface area contributed by atoms with Crippen molar-refractivity contribution in [1.82, 2.24) is 4.72 Å². The molecular formula is C11H11FN2O4S. The molecule has 1 aliphatic carbocycles. The molecule has 0 saturated carbocycles. The molecule has 102 valence electrons. The second-order valence-corrected chi connectivity index (χ2v) is 5.79. The number of benzene rings is 1. The Morgan fingerprint density at radius 1 is 1.32 bits per heavy atom. The molecule has 1 aliphatic rings. The van der Waals surface area contributed by atoms with Crippen LogP contribution in [0.1, 0.15) is 12.8 Å². The molecule has 0 radical (unpaired) electrons. The van der Waals surface area contributed by atoms with Crippen LogP contribution in [0.3, 0.4) is 0 Å². The SMILES string of the molecule is O=[N+]([O-])c1c(F)cccc1S(=O)(=O)NC1CC=CC1. The number of halogens is 1. The summed E-state index contributed by atoms with van der Waals surface area (Å²) in [6.45, 7) is 0. The number of nitrogens with one attached hydrogen (secondary N) is 1. The van der Waals surface area contributed by atoms with Gasteiger partial charge in [0.2, 0.25) is 15.8 Å². The Kier molecular flexibility index (Phi) is 3.63. The highest BCUT2D eigenvalue weighted by Gasteiger charge is 2.31. The van der Waals surface area contributed by atoms with Gasteiger partial charge in [0.15, 0.2) is 4.90 Å². The Morgan fingerprint density at radius 2 is 1.95 bits per heavy atom. The lowest BCUT2D eigenvalue weighted by Gasteiger charge is -2.12. The summed E-state index contributed by atoms with van der Waals surface area (Å²) in [5.41, 5.74) is -1.03. The lowest BCUT2D eigenvalue weighted by atomic mass is 10.3. The molecule has 2 rings (SSSR count). The number of hydrogen-bond donors (Lipinski definition) is 1. The first-order valence-electron chi connectivity index (χ1n) is 5.52. The van der Waals surface area contributed by atoms with Gasteiger partial charge in [0.25, 0.3) is 0 Å². The third-order valence-corrected chi connectivity index (χ3v) is 4.30. The number of nitrogens with zero attached hydrogens (tertiary/aromatic N) is 1. The van der Waals surface area contributed by atoms with Crippen LogP contribution in [0.15, 0.2) is 35.2 Å². The lowest BCUT2D eigenvalue weighted by Crippen LogP contribution is -2.33. The van der Waals surface area contributed by atoms with Crippen LogP contribution in [0.5, 0.6) is 0 Å². The average Bonchev–Trinajstić information content (AvgIpc) is 2.80. The maximum atomic E-state index is 13.4. The molecule has 1 aromatic carbocycles. The van der Waals surface area contributed by atoms with Crippen LogP contribution >= 0.6 is 0 Å². The summed E-state index contributed by atoms with van der Waals surface area (Å²) < 4.78 is 39.8. The van der Waals surface area contributed by atoms with Crippen LogP contribution in [0.25, 0.3) is 0 Å². The Balaban J connectivity index is 2.40. The molecule has 19 heavy (non-hydrogen) atoms. The summed E-state index contributed by atoms with van der Waals surface area (Å²) in [6, 6.07) is 2.66. The molecule has 0 fully saturated rings. The Labute approximate surface area is 109 Å². The van der Waals surface area contributed by atoms with Crippen molar-refractivity contribution < 1.29 is 17.7 Å². The van der Waals surface area contributed by atoms with Gasteiger partial charge in [0.05, 0.1) is 4.92 Å². The standard InChI is InChI=1S/C11H11FN2O4S/c12-9-6-3-7-10(11(9)14(15)16)19(17,18)13-8-4-1-2-5-8/h1-3,6-8,13H,4-5H2. The van der Waals surface area contributed by atoms with Crippen molar-refractivity contribution in [3.05, 3.63) is 46.3 Å². The molecule has 0 aromatic heterocycles. The molecule has 0 unspecified atom stereocenters. The number of para-hydroxylation sites is 1. The Morgan fingerprint density at radius 3 is 2.53 bits per heavy atom. The van der Waals surface area contributed by atoms with Crippen molar-refractivity contribution in [3.8, 4) is 0 Å². The van der Waals surface area contributed by atoms with Gasteiger partial charge in [0.1, 0.15) is 0 Å². The second-order valence-electron chi connectivity index (χ2n) is 4.10. The van der Waals surface area contributed by atoms with E-state index in [0.717, 1.165) is 18.2 Å². The monoisotopic (exact) mass is 286 g/mol. The summed E-state index contributed by atoms with van der Waals surface area (Å²) in [7, 11) is -4.11. The van der Waals surface area contributed by atoms with Gasteiger partial charge in [-0.25, -0.2) is 13.1 Å². The fraction of sp³-hybridized carbons (Fsp3) is 0.273. The van der Waals surface area contributed by atoms with E-state index in [1.54, 1.807) is 0 Å². The third-order valence-electron chi connectivity index (χ3n) is 2.75. The zero-order chi connectivity index (χ0) is 14.0. The fourth-order valence-corrected chi connectivity index (χ4v) is 3.33. The molecule has 1 aromatic rings. The molecule has 0 aliphatic heterocycles. The molecule has 0 amide bonds. The molecular weight excluding hydrogens is 275 g/mol. The van der Waals surface area contributed by atoms with Gasteiger partial charge in [-0.3, -0.25) is 10.1 Å². The quantitative estimate of drug-likeness (QED) is 0.518. The Bertz CT molecular complexity index is 634. The van der Waals surface area contributed by atoms with E-state index in [0.29, 0.717) is 12.8 Å². The third kappa shape index (κ3) is 2.79. The minimum absolute atomic E-state index is 0.340. The number of nitro benzene ring substituents is 1. The summed E-state index contributed by atoms with van der Waals surface area (Å²) in [4.78, 5) is 9.11. The molecule has 8 heteroatoms. The maximum Gasteiger partial charge on any atom is 0.324 e. The smallest absolute Gasteiger partial charge is 0.258 e. The van der Waals surface area contributed by atoms with Crippen LogP contribution in [0.2, 0.25) is 0 Å². The lowest BCUT2D eigenvalue weighted by molar-refractivity contribution is -0.390. The van der Waals surface area contributed by atoms with Gasteiger partial charge >= 0.3 is 5.69 Å². The minimum atomic E-state index is -4.11. The van der Waals surface area contributed by atoms with E-state index in [1.807, 2.05) is 12.2 Å². The maximum absolute atomic E-state index is 13.4. The number of sulfonamides is 1. The van der Waals surface area contributed by atoms with E-state index in [4.69, 9.17) is 0 Å². The van der Waals surface area contributed by atoms with E-state index >= 15 is 0 Å². The first kappa shape index (κ1) is 13.6. The van der Waals surface area contributed by atoms with E-state index in [2.05, 4.69) is 4.72 Å². The van der Waals surface area contributed by atoms with Crippen LogP contribution in [0.4, 0.5) is 10.1 Å². The van der Waals surface area contributed by atoms with Crippen LogP contribution in [-0.2, 0) is 10.0 Å². The van der Waals surface area contributed by atoms with E-state index in [1.165, 1.54) is 0 Å². The molecule has 0 atom stereocenters. The van der Waals surface area contributed by atoms with E-state index < -0.39 is 31.3 Å². The topological polar surface area (TPSA) is 89.3 Å². The number of hydrogen-bond acceptors (Lipinski definition) is 4. The normalized spacial score (nSPS) is 15.8. The zero-order valence-corrected chi connectivity index (χ0v) is 10.6. The van der Waals surface area contributed by atoms with E-state index in [9.17, 15) is 22.9 Å². The molecule has 6 nitrogen and oxygen atoms in total. The van der Waals surface area contributed by atoms with Gasteiger partial charge in [-0.1, -0.05) is 18.2 Å². The Hall–Kier alpha value is -1.80. The predicted molar refractivity (Wildman–Crippen MR) is 65.5 cm³/mol. The van der Waals surface area contributed by atoms with Gasteiger partial charge < -0.3 is 0 Å². The average molecular weight is 286 g/mol. The molecule has 0 saturated heterocycles. The highest BCUT2D eigenvalue weighted by molar-refractivity contribution is 7.89. The summed E-state index contributed by atoms with van der Waals surface area (Å²) in [5, 5.41) is 10.8. The first-order valence-corrected chi connectivity index (χ1v) is 7.00. The van der Waals surface area contributed by atoms with Crippen molar-refractivity contribution >= 4 is 15.7 Å². The summed E-state index contributed by atoms with van der Waals surface area (Å²) >= 11 is 0. The van der Waals surface area contributed by atoms with Crippen molar-refractivity contribution in [1.29, 1.82) is 0 Å². The highest BCUT2D eigenvalue weighted by atomic mass is 32.2. The summed E-state index contributed by atoms with van der Waals surface area (Å²) in [5.74, 6) is -1.17. The zero-order valence-electron chi connectivity index (χ0n) is 9.74. The number of nitro groups is 1. The molecule has 0 bridgehead atoms. The highest BCUT2D eigenvalue weighted by Crippen LogP contribution is 2.27. The van der Waals surface area contributed by atoms with E-state index in [-0.39, 0.29) is 6.04 Å². The number of rotatable bonds is 4. The summed E-state index contributed by atoms with van der Waals surface area (Å²) in [6.07, 6.45) is 4.66. The van der Waals surface area contributed by atoms with Crippen molar-refractivity contribution in [2.45, 2.75) is 23.8 Å². The molecule has 1 N–H and O–H groups in total. The fourth-order valence-electron chi connectivity index (χ4n) is 1.89. The second kappa shape index (κ2) is 5.06. The molecule has 0 spiro atoms. The van der Waals surface area contributed by atoms with Gasteiger partial charge in [-0.15, -0.1) is 0 Å². The van der Waals surface area contributed by atoms with Crippen molar-refractivity contribution in [2.75, 3.05) is 0 Å². The van der Waals surface area contributed by atoms with Crippen LogP contribution < -0.4 is 4.72 Å². The van der Waals surface area contributed by atoms with Crippen molar-refractivity contribution in [2.24, 2.45) is 0 Å². The minimum Gasteiger partial charge on any atom is -0.258 e. The van der Waals surface area contributed by atoms with Gasteiger partial charge in [-0.05, 0) is 25.0 Å². The molecule has 0 heterocycles. The van der Waals surface area contributed by atoms with Crippen molar-refractivity contribution in [3.63, 3.8) is 0 Å². The largest absolute Gasteiger partial charge is 0.324 e. The predicted octanol–water partition coefficient (Wildman–Crippen LogP) is 1.73. The van der Waals surface area contributed by atoms with Gasteiger partial charge in [-0.2, -0.15) is 4.39 Å². The first-order chi connectivity index (χ1) is 8.92. The van der Waals surface area contributed by atoms with Crippen LogP contribution in [-0.4, -0.2) is 19.4 Å². The van der Waals surface area contributed by atoms with Gasteiger partial charge in [0, 0.05) is 6.04 Å².